The molecule has 208 valence electrons. The zero-order valence-electron chi connectivity index (χ0n) is 21.9. The van der Waals surface area contributed by atoms with Gasteiger partial charge in [-0.3, -0.25) is 9.48 Å². The number of aliphatic carboxylic acids is 2. The Morgan fingerprint density at radius 3 is 2.52 bits per heavy atom. The van der Waals surface area contributed by atoms with Crippen LogP contribution in [0.4, 0.5) is 8.78 Å². The van der Waals surface area contributed by atoms with Crippen molar-refractivity contribution in [2.75, 3.05) is 0 Å². The molecule has 3 aliphatic rings. The number of halogens is 2. The molecule has 4 aromatic heterocycles. The topological polar surface area (TPSA) is 147 Å². The SMILES string of the molecule is CC(C)(C(=O)O)n1cc(-c2nc(-c3c[nH]c4ncc(F)cc34)nc(C[C@H]3C4CCC(CC4)[C@@H]3C(=O)O)c2F)cn1. The van der Waals surface area contributed by atoms with Crippen LogP contribution in [0.15, 0.2) is 30.9 Å². The third-order valence-electron chi connectivity index (χ3n) is 8.72. The number of pyridine rings is 1. The van der Waals surface area contributed by atoms with Crippen LogP contribution in [0.1, 0.15) is 45.2 Å². The van der Waals surface area contributed by atoms with Crippen molar-refractivity contribution in [2.45, 2.75) is 51.5 Å². The number of aromatic nitrogens is 6. The molecule has 2 atom stereocenters. The molecule has 4 heterocycles. The van der Waals surface area contributed by atoms with Gasteiger partial charge in [0.2, 0.25) is 0 Å². The average molecular weight is 551 g/mol. The van der Waals surface area contributed by atoms with Crippen molar-refractivity contribution < 1.29 is 28.6 Å². The fourth-order valence-corrected chi connectivity index (χ4v) is 6.43. The largest absolute Gasteiger partial charge is 0.481 e. The lowest BCUT2D eigenvalue weighted by atomic mass is 9.57. The Morgan fingerprint density at radius 2 is 1.82 bits per heavy atom. The zero-order valence-corrected chi connectivity index (χ0v) is 21.9. The maximum absolute atomic E-state index is 16.2. The van der Waals surface area contributed by atoms with Crippen molar-refractivity contribution in [3.05, 3.63) is 48.2 Å². The van der Waals surface area contributed by atoms with E-state index in [1.165, 1.54) is 37.0 Å². The summed E-state index contributed by atoms with van der Waals surface area (Å²) in [4.78, 5) is 40.1. The van der Waals surface area contributed by atoms with Gasteiger partial charge in [-0.15, -0.1) is 0 Å². The van der Waals surface area contributed by atoms with Crippen LogP contribution in [0.25, 0.3) is 33.7 Å². The van der Waals surface area contributed by atoms with E-state index in [0.29, 0.717) is 16.6 Å². The molecular weight excluding hydrogens is 522 g/mol. The van der Waals surface area contributed by atoms with E-state index in [4.69, 9.17) is 0 Å². The first-order valence-electron chi connectivity index (χ1n) is 13.3. The quantitative estimate of drug-likeness (QED) is 0.301. The summed E-state index contributed by atoms with van der Waals surface area (Å²) in [5.41, 5.74) is -0.391. The van der Waals surface area contributed by atoms with Gasteiger partial charge in [0.1, 0.15) is 17.2 Å². The Labute approximate surface area is 227 Å². The maximum atomic E-state index is 16.2. The molecule has 0 amide bonds. The van der Waals surface area contributed by atoms with Gasteiger partial charge in [-0.1, -0.05) is 0 Å². The van der Waals surface area contributed by atoms with Crippen molar-refractivity contribution in [3.8, 4) is 22.6 Å². The highest BCUT2D eigenvalue weighted by Gasteiger charge is 2.47. The molecule has 3 N–H and O–H groups in total. The van der Waals surface area contributed by atoms with Gasteiger partial charge >= 0.3 is 11.9 Å². The number of hydrogen-bond acceptors (Lipinski definition) is 6. The molecule has 0 unspecified atom stereocenters. The van der Waals surface area contributed by atoms with Gasteiger partial charge in [-0.05, 0) is 69.8 Å². The number of H-pyrrole nitrogens is 1. The summed E-state index contributed by atoms with van der Waals surface area (Å²) in [6.07, 6.45) is 9.00. The highest BCUT2D eigenvalue weighted by molar-refractivity contribution is 5.91. The molecule has 0 saturated heterocycles. The minimum Gasteiger partial charge on any atom is -0.481 e. The summed E-state index contributed by atoms with van der Waals surface area (Å²) < 4.78 is 31.6. The highest BCUT2D eigenvalue weighted by atomic mass is 19.1. The normalized spacial score (nSPS) is 22.6. The van der Waals surface area contributed by atoms with Gasteiger partial charge in [0, 0.05) is 28.9 Å². The molecule has 0 spiro atoms. The molecular formula is C28H28F2N6O4. The van der Waals surface area contributed by atoms with Crippen molar-refractivity contribution in [1.82, 2.24) is 29.7 Å². The lowest BCUT2D eigenvalue weighted by Gasteiger charge is -2.46. The van der Waals surface area contributed by atoms with Crippen LogP contribution >= 0.6 is 0 Å². The van der Waals surface area contributed by atoms with E-state index in [9.17, 15) is 24.2 Å². The Hall–Kier alpha value is -4.22. The summed E-state index contributed by atoms with van der Waals surface area (Å²) >= 11 is 0. The molecule has 0 aliphatic heterocycles. The molecule has 0 radical (unpaired) electrons. The molecule has 3 fully saturated rings. The van der Waals surface area contributed by atoms with Crippen LogP contribution in [0.2, 0.25) is 0 Å². The Bertz CT molecular complexity index is 1640. The van der Waals surface area contributed by atoms with Gasteiger partial charge < -0.3 is 15.2 Å². The van der Waals surface area contributed by atoms with E-state index in [1.54, 1.807) is 6.20 Å². The monoisotopic (exact) mass is 550 g/mol. The predicted octanol–water partition coefficient (Wildman–Crippen LogP) is 4.66. The van der Waals surface area contributed by atoms with Crippen molar-refractivity contribution in [2.24, 2.45) is 23.7 Å². The molecule has 3 saturated carbocycles. The molecule has 0 aromatic carbocycles. The van der Waals surface area contributed by atoms with Crippen LogP contribution in [-0.2, 0) is 21.5 Å². The van der Waals surface area contributed by atoms with Gasteiger partial charge in [0.15, 0.2) is 17.2 Å². The van der Waals surface area contributed by atoms with E-state index in [-0.39, 0.29) is 47.0 Å². The van der Waals surface area contributed by atoms with Crippen molar-refractivity contribution in [3.63, 3.8) is 0 Å². The Kier molecular flexibility index (Phi) is 6.15. The van der Waals surface area contributed by atoms with E-state index >= 15 is 4.39 Å². The van der Waals surface area contributed by atoms with E-state index in [1.807, 2.05) is 0 Å². The smallest absolute Gasteiger partial charge is 0.331 e. The van der Waals surface area contributed by atoms with Crippen LogP contribution in [0, 0.1) is 35.3 Å². The summed E-state index contributed by atoms with van der Waals surface area (Å²) in [5.74, 6) is -3.82. The number of carboxylic acid groups (broad SMARTS) is 2. The first-order valence-corrected chi connectivity index (χ1v) is 13.3. The molecule has 3 aliphatic carbocycles. The van der Waals surface area contributed by atoms with Gasteiger partial charge in [0.25, 0.3) is 0 Å². The maximum Gasteiger partial charge on any atom is 0.331 e. The van der Waals surface area contributed by atoms with E-state index in [2.05, 4.69) is 25.0 Å². The van der Waals surface area contributed by atoms with Crippen LogP contribution in [0.5, 0.6) is 0 Å². The second-order valence-corrected chi connectivity index (χ2v) is 11.4. The number of aromatic amines is 1. The number of fused-ring (bicyclic) bond motifs is 4. The summed E-state index contributed by atoms with van der Waals surface area (Å²) in [7, 11) is 0. The summed E-state index contributed by atoms with van der Waals surface area (Å²) in [6.45, 7) is 2.94. The molecule has 4 aromatic rings. The number of hydrogen-bond donors (Lipinski definition) is 3. The first kappa shape index (κ1) is 26.0. The van der Waals surface area contributed by atoms with Crippen LogP contribution in [0.3, 0.4) is 0 Å². The minimum atomic E-state index is -1.40. The highest BCUT2D eigenvalue weighted by Crippen LogP contribution is 2.50. The third-order valence-corrected chi connectivity index (χ3v) is 8.72. The van der Waals surface area contributed by atoms with Crippen molar-refractivity contribution >= 4 is 23.0 Å². The second kappa shape index (κ2) is 9.46. The number of nitrogens with zero attached hydrogens (tertiary/aromatic N) is 5. The van der Waals surface area contributed by atoms with Crippen LogP contribution in [-0.4, -0.2) is 51.9 Å². The van der Waals surface area contributed by atoms with Crippen molar-refractivity contribution in [1.29, 1.82) is 0 Å². The average Bonchev–Trinajstić information content (AvgIpc) is 3.58. The zero-order chi connectivity index (χ0) is 28.3. The lowest BCUT2D eigenvalue weighted by molar-refractivity contribution is -0.152. The van der Waals surface area contributed by atoms with E-state index in [0.717, 1.165) is 31.9 Å². The number of carboxylic acids is 2. The summed E-state index contributed by atoms with van der Waals surface area (Å²) in [5, 5.41) is 24.2. The fraction of sp³-hybridized carbons (Fsp3) is 0.429. The van der Waals surface area contributed by atoms with Crippen LogP contribution < -0.4 is 0 Å². The van der Waals surface area contributed by atoms with E-state index < -0.39 is 35.0 Å². The van der Waals surface area contributed by atoms with Gasteiger partial charge in [-0.2, -0.15) is 5.10 Å². The lowest BCUT2D eigenvalue weighted by Crippen LogP contribution is -2.45. The standard InChI is InChI=1S/C28H28F2N6O4/c1-28(2,27(39)40)36-12-15(9-33-36)23-22(30)20(8-17-13-3-5-14(6-4-13)21(17)26(37)38)34-25(35-23)19-11-32-24-18(19)7-16(29)10-31-24/h7,9-14,17,21H,3-6,8H2,1-2H3,(H,31,32)(H,37,38)(H,39,40)/t13?,14?,17-,21-/m0/s1. The number of nitrogens with one attached hydrogen (secondary N) is 1. The first-order chi connectivity index (χ1) is 19.0. The molecule has 7 rings (SSSR count). The summed E-state index contributed by atoms with van der Waals surface area (Å²) in [6, 6.07) is 1.29. The molecule has 40 heavy (non-hydrogen) atoms. The predicted molar refractivity (Wildman–Crippen MR) is 139 cm³/mol. The minimum absolute atomic E-state index is 0.0514. The van der Waals surface area contributed by atoms with Gasteiger partial charge in [0.05, 0.1) is 24.0 Å². The Balaban J connectivity index is 1.50. The molecule has 2 bridgehead atoms. The third kappa shape index (κ3) is 4.22. The number of carbonyl (C=O) groups is 2. The molecule has 10 nitrogen and oxygen atoms in total. The molecule has 12 heteroatoms. The Morgan fingerprint density at radius 1 is 1.10 bits per heavy atom. The number of rotatable bonds is 7. The van der Waals surface area contributed by atoms with Gasteiger partial charge in [-0.25, -0.2) is 28.5 Å². The fourth-order valence-electron chi connectivity index (χ4n) is 6.43. The second-order valence-electron chi connectivity index (χ2n) is 11.4.